The molecule has 2 amide bonds. The number of hydrogen-bond acceptors (Lipinski definition) is 4. The average molecular weight is 349 g/mol. The van der Waals surface area contributed by atoms with Crippen LogP contribution in [0, 0.1) is 5.82 Å². The van der Waals surface area contributed by atoms with Gasteiger partial charge < -0.3 is 15.0 Å². The molecule has 1 unspecified atom stereocenters. The van der Waals surface area contributed by atoms with Crippen molar-refractivity contribution in [2.75, 3.05) is 32.8 Å². The minimum Gasteiger partial charge on any atom is -0.484 e. The summed E-state index contributed by atoms with van der Waals surface area (Å²) in [5.74, 6) is 0.106. The predicted octanol–water partition coefficient (Wildman–Crippen LogP) is 1.02. The van der Waals surface area contributed by atoms with Crippen LogP contribution in [0.3, 0.4) is 0 Å². The van der Waals surface area contributed by atoms with Crippen LogP contribution in [0.15, 0.2) is 24.3 Å². The third kappa shape index (κ3) is 4.92. The van der Waals surface area contributed by atoms with Crippen LogP contribution >= 0.6 is 0 Å². The van der Waals surface area contributed by atoms with Gasteiger partial charge in [0.1, 0.15) is 11.6 Å². The molecule has 2 fully saturated rings. The van der Waals surface area contributed by atoms with Crippen molar-refractivity contribution in [2.24, 2.45) is 0 Å². The molecule has 6 nitrogen and oxygen atoms in total. The minimum absolute atomic E-state index is 0.0661. The van der Waals surface area contributed by atoms with Crippen molar-refractivity contribution in [2.45, 2.75) is 31.8 Å². The van der Waals surface area contributed by atoms with Crippen LogP contribution in [0.25, 0.3) is 0 Å². The zero-order valence-electron chi connectivity index (χ0n) is 14.4. The van der Waals surface area contributed by atoms with Gasteiger partial charge in [-0.1, -0.05) is 0 Å². The number of amides is 2. The van der Waals surface area contributed by atoms with Crippen molar-refractivity contribution in [3.05, 3.63) is 30.1 Å². The Morgan fingerprint density at radius 3 is 2.44 bits per heavy atom. The molecule has 1 heterocycles. The average Bonchev–Trinajstić information content (AvgIpc) is 3.44. The molecule has 0 radical (unpaired) electrons. The Labute approximate surface area is 146 Å². The standard InChI is InChI=1S/C18H24FN3O3/c1-13(18(24)20-15-4-5-15)21-8-10-22(11-9-21)17(23)12-25-16-6-2-14(19)3-7-16/h2-3,6-7,13,15H,4-5,8-12H2,1H3,(H,20,24). The SMILES string of the molecule is CC(C(=O)NC1CC1)N1CCN(C(=O)COc2ccc(F)cc2)CC1. The van der Waals surface area contributed by atoms with Crippen LogP contribution in [-0.2, 0) is 9.59 Å². The van der Waals surface area contributed by atoms with E-state index in [1.165, 1.54) is 24.3 Å². The number of carbonyl (C=O) groups excluding carboxylic acids is 2. The van der Waals surface area contributed by atoms with Crippen LogP contribution in [0.2, 0.25) is 0 Å². The molecule has 1 aliphatic carbocycles. The summed E-state index contributed by atoms with van der Waals surface area (Å²) in [5.41, 5.74) is 0. The molecule has 1 aromatic carbocycles. The van der Waals surface area contributed by atoms with Gasteiger partial charge >= 0.3 is 0 Å². The molecule has 3 rings (SSSR count). The Kier molecular flexibility index (Phi) is 5.53. The van der Waals surface area contributed by atoms with Gasteiger partial charge in [-0.05, 0) is 44.0 Å². The fourth-order valence-corrected chi connectivity index (χ4v) is 2.84. The van der Waals surface area contributed by atoms with E-state index in [9.17, 15) is 14.0 Å². The van der Waals surface area contributed by atoms with Crippen molar-refractivity contribution >= 4 is 11.8 Å². The van der Waals surface area contributed by atoms with Gasteiger partial charge in [0.2, 0.25) is 5.91 Å². The van der Waals surface area contributed by atoms with Gasteiger partial charge in [0.15, 0.2) is 6.61 Å². The van der Waals surface area contributed by atoms with Gasteiger partial charge in [0.25, 0.3) is 5.91 Å². The van der Waals surface area contributed by atoms with E-state index in [1.807, 2.05) is 6.92 Å². The quantitative estimate of drug-likeness (QED) is 0.833. The van der Waals surface area contributed by atoms with E-state index >= 15 is 0 Å². The van der Waals surface area contributed by atoms with Crippen molar-refractivity contribution in [3.63, 3.8) is 0 Å². The zero-order valence-corrected chi connectivity index (χ0v) is 14.4. The first kappa shape index (κ1) is 17.7. The Morgan fingerprint density at radius 2 is 1.84 bits per heavy atom. The van der Waals surface area contributed by atoms with Gasteiger partial charge in [-0.25, -0.2) is 4.39 Å². The summed E-state index contributed by atoms with van der Waals surface area (Å²) in [4.78, 5) is 28.2. The lowest BCUT2D eigenvalue weighted by molar-refractivity contribution is -0.136. The molecule has 1 saturated heterocycles. The molecule has 0 spiro atoms. The maximum absolute atomic E-state index is 12.8. The molecule has 1 N–H and O–H groups in total. The number of piperazine rings is 1. The van der Waals surface area contributed by atoms with Gasteiger partial charge in [0, 0.05) is 32.2 Å². The topological polar surface area (TPSA) is 61.9 Å². The Hall–Kier alpha value is -2.15. The highest BCUT2D eigenvalue weighted by molar-refractivity contribution is 5.82. The molecule has 1 saturated carbocycles. The molecule has 0 bridgehead atoms. The number of rotatable bonds is 6. The summed E-state index contributed by atoms with van der Waals surface area (Å²) >= 11 is 0. The summed E-state index contributed by atoms with van der Waals surface area (Å²) in [6.45, 7) is 4.33. The van der Waals surface area contributed by atoms with E-state index in [0.717, 1.165) is 12.8 Å². The van der Waals surface area contributed by atoms with Crippen molar-refractivity contribution in [3.8, 4) is 5.75 Å². The monoisotopic (exact) mass is 349 g/mol. The van der Waals surface area contributed by atoms with Crippen molar-refractivity contribution in [1.82, 2.24) is 15.1 Å². The summed E-state index contributed by atoms with van der Waals surface area (Å²) < 4.78 is 18.2. The van der Waals surface area contributed by atoms with E-state index in [4.69, 9.17) is 4.74 Å². The van der Waals surface area contributed by atoms with Crippen LogP contribution in [0.1, 0.15) is 19.8 Å². The second kappa shape index (κ2) is 7.82. The first-order valence-corrected chi connectivity index (χ1v) is 8.73. The predicted molar refractivity (Wildman–Crippen MR) is 90.7 cm³/mol. The highest BCUT2D eigenvalue weighted by Crippen LogP contribution is 2.19. The van der Waals surface area contributed by atoms with Gasteiger partial charge in [-0.3, -0.25) is 14.5 Å². The molecule has 0 aromatic heterocycles. The number of carbonyl (C=O) groups is 2. The Bertz CT molecular complexity index is 610. The normalized spacial score (nSPS) is 19.4. The first-order chi connectivity index (χ1) is 12.0. The van der Waals surface area contributed by atoms with E-state index in [0.29, 0.717) is 38.0 Å². The summed E-state index contributed by atoms with van der Waals surface area (Å²) in [7, 11) is 0. The van der Waals surface area contributed by atoms with Crippen LogP contribution in [-0.4, -0.2) is 66.5 Å². The molecule has 1 aliphatic heterocycles. The van der Waals surface area contributed by atoms with Crippen LogP contribution < -0.4 is 10.1 Å². The maximum atomic E-state index is 12.8. The molecular formula is C18H24FN3O3. The van der Waals surface area contributed by atoms with E-state index < -0.39 is 0 Å². The summed E-state index contributed by atoms with van der Waals surface area (Å²) in [6, 6.07) is 5.79. The van der Waals surface area contributed by atoms with E-state index in [-0.39, 0.29) is 30.3 Å². The second-order valence-corrected chi connectivity index (χ2v) is 6.62. The number of nitrogens with zero attached hydrogens (tertiary/aromatic N) is 2. The van der Waals surface area contributed by atoms with Gasteiger partial charge in [0.05, 0.1) is 6.04 Å². The van der Waals surface area contributed by atoms with Crippen LogP contribution in [0.5, 0.6) is 5.75 Å². The number of halogens is 1. The van der Waals surface area contributed by atoms with Gasteiger partial charge in [-0.2, -0.15) is 0 Å². The number of hydrogen-bond donors (Lipinski definition) is 1. The highest BCUT2D eigenvalue weighted by atomic mass is 19.1. The maximum Gasteiger partial charge on any atom is 0.260 e. The summed E-state index contributed by atoms with van der Waals surface area (Å²) in [6.07, 6.45) is 2.16. The smallest absolute Gasteiger partial charge is 0.260 e. The third-order valence-corrected chi connectivity index (χ3v) is 4.69. The number of ether oxygens (including phenoxy) is 1. The highest BCUT2D eigenvalue weighted by Gasteiger charge is 2.30. The first-order valence-electron chi connectivity index (χ1n) is 8.73. The molecule has 136 valence electrons. The molecule has 1 atom stereocenters. The van der Waals surface area contributed by atoms with Crippen molar-refractivity contribution in [1.29, 1.82) is 0 Å². The largest absolute Gasteiger partial charge is 0.484 e. The van der Waals surface area contributed by atoms with Crippen molar-refractivity contribution < 1.29 is 18.7 Å². The lowest BCUT2D eigenvalue weighted by Gasteiger charge is -2.37. The van der Waals surface area contributed by atoms with Crippen LogP contribution in [0.4, 0.5) is 4.39 Å². The third-order valence-electron chi connectivity index (χ3n) is 4.69. The summed E-state index contributed by atoms with van der Waals surface area (Å²) in [5, 5.41) is 3.02. The van der Waals surface area contributed by atoms with E-state index in [1.54, 1.807) is 4.90 Å². The molecule has 1 aromatic rings. The number of benzene rings is 1. The second-order valence-electron chi connectivity index (χ2n) is 6.62. The fourth-order valence-electron chi connectivity index (χ4n) is 2.84. The fraction of sp³-hybridized carbons (Fsp3) is 0.556. The Morgan fingerprint density at radius 1 is 1.20 bits per heavy atom. The minimum atomic E-state index is -0.338. The number of nitrogens with one attached hydrogen (secondary N) is 1. The molecule has 7 heteroatoms. The molecular weight excluding hydrogens is 325 g/mol. The molecule has 2 aliphatic rings. The lowest BCUT2D eigenvalue weighted by atomic mass is 10.2. The van der Waals surface area contributed by atoms with Gasteiger partial charge in [-0.15, -0.1) is 0 Å². The Balaban J connectivity index is 1.40. The molecule has 25 heavy (non-hydrogen) atoms. The van der Waals surface area contributed by atoms with E-state index in [2.05, 4.69) is 10.2 Å². The zero-order chi connectivity index (χ0) is 17.8. The lowest BCUT2D eigenvalue weighted by Crippen LogP contribution is -2.55.